The molecular formula is C10H13N3O3. The normalized spacial score (nSPS) is 9.81. The molecule has 0 heterocycles. The Kier molecular flexibility index (Phi) is 3.34. The third-order valence-electron chi connectivity index (χ3n) is 2.06. The molecule has 16 heavy (non-hydrogen) atoms. The summed E-state index contributed by atoms with van der Waals surface area (Å²) < 4.78 is 0. The summed E-state index contributed by atoms with van der Waals surface area (Å²) in [5.74, 6) is -1.62. The van der Waals surface area contributed by atoms with E-state index in [4.69, 9.17) is 16.6 Å². The lowest BCUT2D eigenvalue weighted by molar-refractivity contribution is -0.116. The van der Waals surface area contributed by atoms with Crippen molar-refractivity contribution in [3.63, 3.8) is 0 Å². The number of carbonyl (C=O) groups is 2. The van der Waals surface area contributed by atoms with Crippen LogP contribution in [0.15, 0.2) is 18.2 Å². The maximum absolute atomic E-state index is 10.9. The third kappa shape index (κ3) is 2.63. The fourth-order valence-corrected chi connectivity index (χ4v) is 1.36. The number of amides is 1. The zero-order valence-electron chi connectivity index (χ0n) is 8.80. The van der Waals surface area contributed by atoms with E-state index in [1.807, 2.05) is 0 Å². The second-order valence-corrected chi connectivity index (χ2v) is 3.40. The fraction of sp³-hybridized carbons (Fsp3) is 0.200. The molecule has 0 aliphatic heterocycles. The standard InChI is InChI=1S/C10H13N3O3/c1-13(5-9(12)14)8-4-6(11)2-3-7(8)10(15)16/h2-4H,5,11H2,1H3,(H2,12,14)(H,15,16). The van der Waals surface area contributed by atoms with Gasteiger partial charge in [-0.3, -0.25) is 4.79 Å². The Morgan fingerprint density at radius 2 is 2.06 bits per heavy atom. The average molecular weight is 223 g/mol. The van der Waals surface area contributed by atoms with Gasteiger partial charge in [-0.2, -0.15) is 0 Å². The highest BCUT2D eigenvalue weighted by Gasteiger charge is 2.14. The van der Waals surface area contributed by atoms with Gasteiger partial charge in [-0.1, -0.05) is 0 Å². The summed E-state index contributed by atoms with van der Waals surface area (Å²) in [5.41, 5.74) is 11.5. The highest BCUT2D eigenvalue weighted by Crippen LogP contribution is 2.22. The van der Waals surface area contributed by atoms with Crippen molar-refractivity contribution >= 4 is 23.3 Å². The Labute approximate surface area is 92.4 Å². The SMILES string of the molecule is CN(CC(N)=O)c1cc(N)ccc1C(=O)O. The van der Waals surface area contributed by atoms with E-state index in [-0.39, 0.29) is 12.1 Å². The first kappa shape index (κ1) is 11.8. The number of carboxylic acids is 1. The Morgan fingerprint density at radius 1 is 1.44 bits per heavy atom. The summed E-state index contributed by atoms with van der Waals surface area (Å²) in [7, 11) is 1.58. The van der Waals surface area contributed by atoms with Crippen LogP contribution in [0.2, 0.25) is 0 Å². The van der Waals surface area contributed by atoms with Crippen molar-refractivity contribution in [2.45, 2.75) is 0 Å². The Hall–Kier alpha value is -2.24. The molecule has 0 bridgehead atoms. The molecule has 0 fully saturated rings. The summed E-state index contributed by atoms with van der Waals surface area (Å²) in [6, 6.07) is 4.38. The first-order chi connectivity index (χ1) is 7.41. The van der Waals surface area contributed by atoms with E-state index in [9.17, 15) is 9.59 Å². The molecule has 0 saturated heterocycles. The average Bonchev–Trinajstić information content (AvgIpc) is 2.15. The van der Waals surface area contributed by atoms with Gasteiger partial charge in [0.05, 0.1) is 17.8 Å². The number of hydrogen-bond donors (Lipinski definition) is 3. The quantitative estimate of drug-likeness (QED) is 0.617. The number of benzene rings is 1. The van der Waals surface area contributed by atoms with Crippen LogP contribution in [0.4, 0.5) is 11.4 Å². The molecule has 0 radical (unpaired) electrons. The number of nitrogen functional groups attached to an aromatic ring is 1. The Morgan fingerprint density at radius 3 is 2.56 bits per heavy atom. The molecule has 1 rings (SSSR count). The Bertz CT molecular complexity index is 431. The molecule has 0 unspecified atom stereocenters. The van der Waals surface area contributed by atoms with Crippen LogP contribution in [0.5, 0.6) is 0 Å². The van der Waals surface area contributed by atoms with Crippen molar-refractivity contribution in [3.05, 3.63) is 23.8 Å². The van der Waals surface area contributed by atoms with Gasteiger partial charge in [0.1, 0.15) is 0 Å². The molecule has 0 atom stereocenters. The van der Waals surface area contributed by atoms with Crippen LogP contribution in [-0.2, 0) is 4.79 Å². The highest BCUT2D eigenvalue weighted by atomic mass is 16.4. The monoisotopic (exact) mass is 223 g/mol. The number of hydrogen-bond acceptors (Lipinski definition) is 4. The molecular weight excluding hydrogens is 210 g/mol. The topological polar surface area (TPSA) is 110 Å². The van der Waals surface area contributed by atoms with E-state index in [0.717, 1.165) is 0 Å². The van der Waals surface area contributed by atoms with E-state index in [1.54, 1.807) is 7.05 Å². The summed E-state index contributed by atoms with van der Waals surface area (Å²) in [6.45, 7) is -0.0657. The van der Waals surface area contributed by atoms with Gasteiger partial charge in [0.25, 0.3) is 0 Å². The zero-order valence-corrected chi connectivity index (χ0v) is 8.80. The third-order valence-corrected chi connectivity index (χ3v) is 2.06. The smallest absolute Gasteiger partial charge is 0.337 e. The number of anilines is 2. The maximum Gasteiger partial charge on any atom is 0.337 e. The van der Waals surface area contributed by atoms with Gasteiger partial charge in [0.2, 0.25) is 5.91 Å². The van der Waals surface area contributed by atoms with Crippen LogP contribution in [0, 0.1) is 0 Å². The van der Waals surface area contributed by atoms with Gasteiger partial charge in [-0.25, -0.2) is 4.79 Å². The van der Waals surface area contributed by atoms with Crippen molar-refractivity contribution < 1.29 is 14.7 Å². The number of nitrogens with zero attached hydrogens (tertiary/aromatic N) is 1. The van der Waals surface area contributed by atoms with Crippen molar-refractivity contribution in [1.29, 1.82) is 0 Å². The lowest BCUT2D eigenvalue weighted by atomic mass is 10.1. The molecule has 0 saturated carbocycles. The van der Waals surface area contributed by atoms with Gasteiger partial charge in [0, 0.05) is 12.7 Å². The molecule has 1 amide bonds. The molecule has 0 aliphatic carbocycles. The largest absolute Gasteiger partial charge is 0.478 e. The molecule has 1 aromatic rings. The van der Waals surface area contributed by atoms with Crippen LogP contribution in [0.3, 0.4) is 0 Å². The molecule has 0 aromatic heterocycles. The van der Waals surface area contributed by atoms with Crippen molar-refractivity contribution in [2.24, 2.45) is 5.73 Å². The number of primary amides is 1. The number of nitrogens with two attached hydrogens (primary N) is 2. The van der Waals surface area contributed by atoms with E-state index in [2.05, 4.69) is 0 Å². The molecule has 86 valence electrons. The summed E-state index contributed by atoms with van der Waals surface area (Å²) in [5, 5.41) is 8.96. The predicted molar refractivity (Wildman–Crippen MR) is 60.3 cm³/mol. The van der Waals surface area contributed by atoms with Crippen molar-refractivity contribution in [3.8, 4) is 0 Å². The summed E-state index contributed by atoms with van der Waals surface area (Å²) in [6.07, 6.45) is 0. The summed E-state index contributed by atoms with van der Waals surface area (Å²) >= 11 is 0. The minimum atomic E-state index is -1.08. The van der Waals surface area contributed by atoms with E-state index < -0.39 is 11.9 Å². The number of aromatic carboxylic acids is 1. The van der Waals surface area contributed by atoms with E-state index >= 15 is 0 Å². The molecule has 5 N–H and O–H groups in total. The fourth-order valence-electron chi connectivity index (χ4n) is 1.36. The van der Waals surface area contributed by atoms with E-state index in [0.29, 0.717) is 11.4 Å². The van der Waals surface area contributed by atoms with Crippen LogP contribution in [0.1, 0.15) is 10.4 Å². The van der Waals surface area contributed by atoms with E-state index in [1.165, 1.54) is 23.1 Å². The first-order valence-electron chi connectivity index (χ1n) is 4.54. The first-order valence-corrected chi connectivity index (χ1v) is 4.54. The van der Waals surface area contributed by atoms with Crippen molar-refractivity contribution in [1.82, 2.24) is 0 Å². The number of rotatable bonds is 4. The van der Waals surface area contributed by atoms with Gasteiger partial charge >= 0.3 is 5.97 Å². The molecule has 6 heteroatoms. The molecule has 0 aliphatic rings. The van der Waals surface area contributed by atoms with Crippen molar-refractivity contribution in [2.75, 3.05) is 24.2 Å². The van der Waals surface area contributed by atoms with Gasteiger partial charge in [0.15, 0.2) is 0 Å². The minimum Gasteiger partial charge on any atom is -0.478 e. The Balaban J connectivity index is 3.13. The van der Waals surface area contributed by atoms with Crippen LogP contribution < -0.4 is 16.4 Å². The number of carboxylic acid groups (broad SMARTS) is 1. The lowest BCUT2D eigenvalue weighted by Crippen LogP contribution is -2.31. The second-order valence-electron chi connectivity index (χ2n) is 3.40. The molecule has 6 nitrogen and oxygen atoms in total. The highest BCUT2D eigenvalue weighted by molar-refractivity contribution is 5.96. The van der Waals surface area contributed by atoms with Crippen LogP contribution in [-0.4, -0.2) is 30.6 Å². The lowest BCUT2D eigenvalue weighted by Gasteiger charge is -2.19. The van der Waals surface area contributed by atoms with Gasteiger partial charge in [-0.15, -0.1) is 0 Å². The maximum atomic E-state index is 10.9. The van der Waals surface area contributed by atoms with Gasteiger partial charge < -0.3 is 21.5 Å². The second kappa shape index (κ2) is 4.52. The van der Waals surface area contributed by atoms with Crippen LogP contribution in [0.25, 0.3) is 0 Å². The van der Waals surface area contributed by atoms with Crippen LogP contribution >= 0.6 is 0 Å². The molecule has 1 aromatic carbocycles. The zero-order chi connectivity index (χ0) is 12.3. The minimum absolute atomic E-state index is 0.0657. The number of likely N-dealkylation sites (N-methyl/N-ethyl adjacent to an activating group) is 1. The summed E-state index contributed by atoms with van der Waals surface area (Å²) in [4.78, 5) is 23.1. The molecule has 0 spiro atoms. The predicted octanol–water partition coefficient (Wildman–Crippen LogP) is -0.111. The number of carbonyl (C=O) groups excluding carboxylic acids is 1. The van der Waals surface area contributed by atoms with Gasteiger partial charge in [-0.05, 0) is 18.2 Å².